The molecule has 0 unspecified atom stereocenters. The second-order valence-corrected chi connectivity index (χ2v) is 9.86. The highest BCUT2D eigenvalue weighted by atomic mass is 16.5. The Balaban J connectivity index is 1.98. The van der Waals surface area contributed by atoms with Crippen LogP contribution in [0.1, 0.15) is 52.5 Å². The zero-order chi connectivity index (χ0) is 26.1. The molecule has 0 atom stereocenters. The maximum Gasteiger partial charge on any atom is 0.227 e. The Morgan fingerprint density at radius 1 is 1.06 bits per heavy atom. The molecule has 1 heterocycles. The molecule has 0 bridgehead atoms. The standard InChI is InChI=1S/C29H40N2O4/c1-8-22-14-15-24-12-10-11-13-25(24)31(20-23(22)9-2)27(33)17-16-26(32)30-21-29(5,6)35-19-18-28(3,4)34-7/h8-15H,1-2,16-21H2,3-7H3,(H,30,32)/b15-14-,23-22-. The molecule has 1 aliphatic heterocycles. The van der Waals surface area contributed by atoms with Gasteiger partial charge in [0.15, 0.2) is 0 Å². The molecule has 190 valence electrons. The van der Waals surface area contributed by atoms with E-state index in [1.54, 1.807) is 24.2 Å². The molecule has 1 aromatic rings. The van der Waals surface area contributed by atoms with Gasteiger partial charge in [0.1, 0.15) is 0 Å². The summed E-state index contributed by atoms with van der Waals surface area (Å²) < 4.78 is 11.4. The minimum Gasteiger partial charge on any atom is -0.379 e. The second kappa shape index (κ2) is 12.7. The van der Waals surface area contributed by atoms with Crippen LogP contribution in [0.4, 0.5) is 5.69 Å². The van der Waals surface area contributed by atoms with Crippen LogP contribution < -0.4 is 10.2 Å². The quantitative estimate of drug-likeness (QED) is 0.445. The van der Waals surface area contributed by atoms with Crippen molar-refractivity contribution in [2.24, 2.45) is 0 Å². The molecule has 0 radical (unpaired) electrons. The zero-order valence-corrected chi connectivity index (χ0v) is 21.9. The number of carbonyl (C=O) groups excluding carboxylic acids is 2. The van der Waals surface area contributed by atoms with Crippen LogP contribution in [0, 0.1) is 0 Å². The zero-order valence-electron chi connectivity index (χ0n) is 21.9. The summed E-state index contributed by atoms with van der Waals surface area (Å²) in [5.41, 5.74) is 2.78. The molecule has 0 fully saturated rings. The summed E-state index contributed by atoms with van der Waals surface area (Å²) in [5, 5.41) is 2.90. The molecule has 6 heteroatoms. The Morgan fingerprint density at radius 2 is 1.77 bits per heavy atom. The number of allylic oxidation sites excluding steroid dienone is 3. The summed E-state index contributed by atoms with van der Waals surface area (Å²) in [7, 11) is 1.68. The third-order valence-electron chi connectivity index (χ3n) is 6.16. The third-order valence-corrected chi connectivity index (χ3v) is 6.16. The maximum atomic E-state index is 13.3. The molecule has 1 N–H and O–H groups in total. The van der Waals surface area contributed by atoms with Gasteiger partial charge in [-0.25, -0.2) is 0 Å². The van der Waals surface area contributed by atoms with Crippen LogP contribution in [-0.2, 0) is 19.1 Å². The SMILES string of the molecule is C=CC1=C(\C=C)CN(C(=O)CCC(=O)NCC(C)(C)OCCC(C)(C)OC)c2ccccc2/C=C\1. The van der Waals surface area contributed by atoms with E-state index in [1.165, 1.54) is 0 Å². The first-order chi connectivity index (χ1) is 16.5. The van der Waals surface area contributed by atoms with Gasteiger partial charge < -0.3 is 19.7 Å². The Morgan fingerprint density at radius 3 is 2.43 bits per heavy atom. The average molecular weight is 481 g/mol. The minimum atomic E-state index is -0.525. The lowest BCUT2D eigenvalue weighted by Crippen LogP contribution is -2.42. The Kier molecular flexibility index (Phi) is 10.2. The molecule has 0 saturated heterocycles. The first kappa shape index (κ1) is 28.3. The van der Waals surface area contributed by atoms with E-state index in [2.05, 4.69) is 18.5 Å². The van der Waals surface area contributed by atoms with Crippen molar-refractivity contribution >= 4 is 23.6 Å². The molecule has 2 rings (SSSR count). The van der Waals surface area contributed by atoms with Crippen molar-refractivity contribution in [3.63, 3.8) is 0 Å². The number of nitrogens with one attached hydrogen (secondary N) is 1. The highest BCUT2D eigenvalue weighted by molar-refractivity contribution is 5.98. The molecule has 0 spiro atoms. The summed E-state index contributed by atoms with van der Waals surface area (Å²) in [6.07, 6.45) is 8.41. The van der Waals surface area contributed by atoms with Crippen molar-refractivity contribution in [2.75, 3.05) is 31.7 Å². The number of para-hydroxylation sites is 1. The van der Waals surface area contributed by atoms with Gasteiger partial charge in [0, 0.05) is 26.5 Å². The van der Waals surface area contributed by atoms with Gasteiger partial charge in [0.05, 0.1) is 30.0 Å². The molecule has 1 aromatic carbocycles. The van der Waals surface area contributed by atoms with Gasteiger partial charge in [-0.05, 0) is 56.9 Å². The lowest BCUT2D eigenvalue weighted by atomic mass is 10.0. The molecule has 0 aromatic heterocycles. The number of nitrogens with zero attached hydrogens (tertiary/aromatic N) is 1. The van der Waals surface area contributed by atoms with E-state index in [-0.39, 0.29) is 30.3 Å². The van der Waals surface area contributed by atoms with Crippen LogP contribution in [0.5, 0.6) is 0 Å². The number of methoxy groups -OCH3 is 1. The van der Waals surface area contributed by atoms with Crippen molar-refractivity contribution in [3.05, 3.63) is 72.4 Å². The van der Waals surface area contributed by atoms with Crippen LogP contribution in [0.25, 0.3) is 6.08 Å². The summed E-state index contributed by atoms with van der Waals surface area (Å²) in [4.78, 5) is 27.5. The van der Waals surface area contributed by atoms with E-state index in [9.17, 15) is 9.59 Å². The third kappa shape index (κ3) is 8.64. The molecule has 6 nitrogen and oxygen atoms in total. The molecule has 2 amide bonds. The number of hydrogen-bond acceptors (Lipinski definition) is 4. The van der Waals surface area contributed by atoms with Gasteiger partial charge in [-0.2, -0.15) is 0 Å². The van der Waals surface area contributed by atoms with E-state index in [0.717, 1.165) is 28.8 Å². The van der Waals surface area contributed by atoms with Gasteiger partial charge in [-0.1, -0.05) is 55.7 Å². The van der Waals surface area contributed by atoms with E-state index >= 15 is 0 Å². The van der Waals surface area contributed by atoms with Crippen molar-refractivity contribution in [1.29, 1.82) is 0 Å². The first-order valence-corrected chi connectivity index (χ1v) is 12.0. The van der Waals surface area contributed by atoms with Crippen LogP contribution in [0.15, 0.2) is 66.8 Å². The fourth-order valence-electron chi connectivity index (χ4n) is 3.59. The van der Waals surface area contributed by atoms with Gasteiger partial charge in [0.2, 0.25) is 11.8 Å². The number of rotatable bonds is 12. The van der Waals surface area contributed by atoms with E-state index in [0.29, 0.717) is 19.7 Å². The van der Waals surface area contributed by atoms with Crippen molar-refractivity contribution in [3.8, 4) is 0 Å². The molecule has 0 saturated carbocycles. The van der Waals surface area contributed by atoms with Gasteiger partial charge in [-0.15, -0.1) is 0 Å². The smallest absolute Gasteiger partial charge is 0.227 e. The molecular weight excluding hydrogens is 440 g/mol. The Labute approximate surface area is 210 Å². The summed E-state index contributed by atoms with van der Waals surface area (Å²) >= 11 is 0. The number of ether oxygens (including phenoxy) is 2. The highest BCUT2D eigenvalue weighted by Crippen LogP contribution is 2.28. The average Bonchev–Trinajstić information content (AvgIpc) is 2.82. The number of benzene rings is 1. The largest absolute Gasteiger partial charge is 0.379 e. The topological polar surface area (TPSA) is 67.9 Å². The van der Waals surface area contributed by atoms with Gasteiger partial charge >= 0.3 is 0 Å². The lowest BCUT2D eigenvalue weighted by Gasteiger charge is -2.29. The summed E-state index contributed by atoms with van der Waals surface area (Å²) in [6.45, 7) is 16.9. The predicted octanol–water partition coefficient (Wildman–Crippen LogP) is 5.22. The van der Waals surface area contributed by atoms with Crippen molar-refractivity contribution in [1.82, 2.24) is 5.32 Å². The fraction of sp³-hybridized carbons (Fsp3) is 0.448. The van der Waals surface area contributed by atoms with E-state index in [4.69, 9.17) is 9.47 Å². The van der Waals surface area contributed by atoms with E-state index in [1.807, 2.05) is 64.1 Å². The lowest BCUT2D eigenvalue weighted by molar-refractivity contribution is -0.126. The highest BCUT2D eigenvalue weighted by Gasteiger charge is 2.24. The Bertz CT molecular complexity index is 988. The monoisotopic (exact) mass is 480 g/mol. The van der Waals surface area contributed by atoms with Crippen LogP contribution in [0.3, 0.4) is 0 Å². The number of hydrogen-bond donors (Lipinski definition) is 1. The predicted molar refractivity (Wildman–Crippen MR) is 143 cm³/mol. The normalized spacial score (nSPS) is 17.1. The maximum absolute atomic E-state index is 13.3. The van der Waals surface area contributed by atoms with Gasteiger partial charge in [0.25, 0.3) is 0 Å². The molecule has 1 aliphatic rings. The first-order valence-electron chi connectivity index (χ1n) is 12.0. The molecule has 35 heavy (non-hydrogen) atoms. The van der Waals surface area contributed by atoms with Crippen LogP contribution in [0.2, 0.25) is 0 Å². The van der Waals surface area contributed by atoms with Crippen LogP contribution >= 0.6 is 0 Å². The Hall–Kier alpha value is -2.96. The second-order valence-electron chi connectivity index (χ2n) is 9.86. The fourth-order valence-corrected chi connectivity index (χ4v) is 3.59. The number of carbonyl (C=O) groups is 2. The minimum absolute atomic E-state index is 0.0983. The van der Waals surface area contributed by atoms with E-state index < -0.39 is 5.60 Å². The van der Waals surface area contributed by atoms with Crippen molar-refractivity contribution in [2.45, 2.75) is 58.2 Å². The molecular formula is C29H40N2O4. The van der Waals surface area contributed by atoms with Crippen molar-refractivity contribution < 1.29 is 19.1 Å². The number of fused-ring (bicyclic) bond motifs is 1. The summed E-state index contributed by atoms with van der Waals surface area (Å²) in [6, 6.07) is 7.73. The number of anilines is 1. The van der Waals surface area contributed by atoms with Crippen LogP contribution in [-0.4, -0.2) is 49.8 Å². The number of amides is 2. The molecule has 0 aliphatic carbocycles. The van der Waals surface area contributed by atoms with Gasteiger partial charge in [-0.3, -0.25) is 9.59 Å². The summed E-state index contributed by atoms with van der Waals surface area (Å²) in [5.74, 6) is -0.304.